The molecule has 2 aromatic carbocycles. The first-order valence-electron chi connectivity index (χ1n) is 7.70. The zero-order valence-corrected chi connectivity index (χ0v) is 14.3. The molecule has 0 aliphatic carbocycles. The molecule has 0 amide bonds. The Kier molecular flexibility index (Phi) is 3.95. The van der Waals surface area contributed by atoms with E-state index < -0.39 is 0 Å². The van der Waals surface area contributed by atoms with Crippen molar-refractivity contribution in [3.8, 4) is 17.2 Å². The number of hydrogen-bond acceptors (Lipinski definition) is 5. The molecule has 4 rings (SSSR count). The topological polar surface area (TPSA) is 63.0 Å². The number of hydrogen-bond donors (Lipinski definition) is 1. The summed E-state index contributed by atoms with van der Waals surface area (Å²) in [4.78, 5) is 5.05. The van der Waals surface area contributed by atoms with Crippen LogP contribution in [0.2, 0.25) is 0 Å². The fraction of sp³-hybridized carbons (Fsp3) is 0.0526. The summed E-state index contributed by atoms with van der Waals surface area (Å²) >= 11 is 1.50. The highest BCUT2D eigenvalue weighted by atomic mass is 32.1. The first kappa shape index (κ1) is 15.4. The van der Waals surface area contributed by atoms with E-state index in [1.807, 2.05) is 35.7 Å². The summed E-state index contributed by atoms with van der Waals surface area (Å²) in [5, 5.41) is 17.0. The summed E-state index contributed by atoms with van der Waals surface area (Å²) in [6.45, 7) is 0. The second-order valence-electron chi connectivity index (χ2n) is 5.42. The van der Waals surface area contributed by atoms with Crippen molar-refractivity contribution in [2.45, 2.75) is 0 Å². The molecule has 0 bridgehead atoms. The molecule has 0 atom stereocenters. The number of para-hydroxylation sites is 1. The van der Waals surface area contributed by atoms with Crippen molar-refractivity contribution in [2.75, 3.05) is 7.05 Å². The van der Waals surface area contributed by atoms with Crippen LogP contribution >= 0.6 is 11.3 Å². The lowest BCUT2D eigenvalue weighted by Gasteiger charge is -2.00. The van der Waals surface area contributed by atoms with Gasteiger partial charge in [0, 0.05) is 17.8 Å². The van der Waals surface area contributed by atoms with E-state index in [4.69, 9.17) is 4.42 Å². The van der Waals surface area contributed by atoms with Gasteiger partial charge in [-0.05, 0) is 42.0 Å². The van der Waals surface area contributed by atoms with Gasteiger partial charge in [0.05, 0.1) is 6.21 Å². The Hall–Kier alpha value is -3.12. The summed E-state index contributed by atoms with van der Waals surface area (Å²) in [6.07, 6.45) is 1.73. The van der Waals surface area contributed by atoms with E-state index in [9.17, 15) is 5.11 Å². The molecule has 2 aromatic heterocycles. The Balaban J connectivity index is 1.79. The third-order valence-electron chi connectivity index (χ3n) is 3.77. The summed E-state index contributed by atoms with van der Waals surface area (Å²) in [7, 11) is 1.74. The molecule has 124 valence electrons. The van der Waals surface area contributed by atoms with Gasteiger partial charge in [-0.25, -0.2) is 4.68 Å². The number of furan rings is 1. The van der Waals surface area contributed by atoms with Gasteiger partial charge in [0.25, 0.3) is 0 Å². The molecule has 0 unspecified atom stereocenters. The predicted molar refractivity (Wildman–Crippen MR) is 100 cm³/mol. The normalized spacial score (nSPS) is 12.4. The van der Waals surface area contributed by atoms with Gasteiger partial charge < -0.3 is 9.52 Å². The molecule has 0 saturated heterocycles. The van der Waals surface area contributed by atoms with E-state index in [2.05, 4.69) is 10.1 Å². The van der Waals surface area contributed by atoms with Crippen molar-refractivity contribution in [1.29, 1.82) is 0 Å². The lowest BCUT2D eigenvalue weighted by atomic mass is 10.2. The molecular weight excluding hydrogens is 334 g/mol. The van der Waals surface area contributed by atoms with Crippen LogP contribution in [0.25, 0.3) is 22.4 Å². The summed E-state index contributed by atoms with van der Waals surface area (Å²) < 4.78 is 7.72. The first-order chi connectivity index (χ1) is 12.2. The Morgan fingerprint density at radius 1 is 1.12 bits per heavy atom. The van der Waals surface area contributed by atoms with Crippen molar-refractivity contribution < 1.29 is 9.52 Å². The highest BCUT2D eigenvalue weighted by molar-refractivity contribution is 7.07. The van der Waals surface area contributed by atoms with Crippen LogP contribution in [0.5, 0.6) is 5.75 Å². The Labute approximate surface area is 147 Å². The summed E-state index contributed by atoms with van der Waals surface area (Å²) in [5.41, 5.74) is 2.57. The zero-order valence-electron chi connectivity index (χ0n) is 13.5. The second-order valence-corrected chi connectivity index (χ2v) is 6.26. The minimum Gasteiger partial charge on any atom is -0.508 e. The molecular formula is C19H15N3O2S. The maximum atomic E-state index is 9.38. The third-order valence-corrected chi connectivity index (χ3v) is 4.68. The highest BCUT2D eigenvalue weighted by Gasteiger charge is 2.12. The number of aromatic hydroxyl groups is 1. The first-order valence-corrected chi connectivity index (χ1v) is 8.58. The molecule has 0 fully saturated rings. The number of phenolic OH excluding ortho intramolecular Hbond substituents is 1. The van der Waals surface area contributed by atoms with Crippen molar-refractivity contribution in [3.05, 3.63) is 70.3 Å². The fourth-order valence-corrected chi connectivity index (χ4v) is 3.31. The molecule has 4 aromatic rings. The number of nitrogens with zero attached hydrogens (tertiary/aromatic N) is 3. The van der Waals surface area contributed by atoms with Crippen LogP contribution in [0.15, 0.2) is 74.5 Å². The van der Waals surface area contributed by atoms with Gasteiger partial charge in [-0.3, -0.25) is 4.99 Å². The number of thiazole rings is 1. The van der Waals surface area contributed by atoms with Gasteiger partial charge in [-0.15, -0.1) is 11.3 Å². The molecule has 0 saturated carbocycles. The Morgan fingerprint density at radius 2 is 1.92 bits per heavy atom. The van der Waals surface area contributed by atoms with Crippen molar-refractivity contribution in [2.24, 2.45) is 10.1 Å². The molecule has 0 radical (unpaired) electrons. The molecule has 1 N–H and O–H groups in total. The number of fused-ring (bicyclic) bond motifs is 1. The number of phenols is 1. The van der Waals surface area contributed by atoms with Gasteiger partial charge in [0.1, 0.15) is 17.0 Å². The van der Waals surface area contributed by atoms with Crippen LogP contribution in [0.4, 0.5) is 0 Å². The largest absolute Gasteiger partial charge is 0.508 e. The van der Waals surface area contributed by atoms with E-state index >= 15 is 0 Å². The van der Waals surface area contributed by atoms with Crippen LogP contribution < -0.4 is 4.80 Å². The van der Waals surface area contributed by atoms with Crippen molar-refractivity contribution >= 4 is 28.5 Å². The summed E-state index contributed by atoms with van der Waals surface area (Å²) in [6, 6.07) is 16.8. The number of aromatic nitrogens is 1. The summed E-state index contributed by atoms with van der Waals surface area (Å²) in [5.74, 6) is 0.975. The molecule has 0 aliphatic heterocycles. The van der Waals surface area contributed by atoms with E-state index in [0.717, 1.165) is 32.8 Å². The average molecular weight is 349 g/mol. The van der Waals surface area contributed by atoms with Crippen LogP contribution in [-0.4, -0.2) is 23.0 Å². The maximum Gasteiger partial charge on any atom is 0.206 e. The van der Waals surface area contributed by atoms with Crippen LogP contribution in [0, 0.1) is 0 Å². The zero-order chi connectivity index (χ0) is 17.2. The van der Waals surface area contributed by atoms with E-state index in [0.29, 0.717) is 0 Å². The quantitative estimate of drug-likeness (QED) is 0.567. The molecule has 5 nitrogen and oxygen atoms in total. The monoisotopic (exact) mass is 349 g/mol. The lowest BCUT2D eigenvalue weighted by Crippen LogP contribution is -2.11. The maximum absolute atomic E-state index is 9.38. The molecule has 0 spiro atoms. The van der Waals surface area contributed by atoms with Crippen LogP contribution in [-0.2, 0) is 0 Å². The molecule has 6 heteroatoms. The predicted octanol–water partition coefficient (Wildman–Crippen LogP) is 4.08. The third kappa shape index (κ3) is 2.99. The van der Waals surface area contributed by atoms with E-state index in [1.165, 1.54) is 11.3 Å². The Morgan fingerprint density at radius 3 is 2.68 bits per heavy atom. The smallest absolute Gasteiger partial charge is 0.206 e. The Bertz CT molecular complexity index is 1080. The average Bonchev–Trinajstić information content (AvgIpc) is 3.24. The van der Waals surface area contributed by atoms with Gasteiger partial charge >= 0.3 is 0 Å². The van der Waals surface area contributed by atoms with E-state index in [1.54, 1.807) is 42.2 Å². The molecule has 0 aliphatic rings. The van der Waals surface area contributed by atoms with Crippen molar-refractivity contribution in [3.63, 3.8) is 0 Å². The van der Waals surface area contributed by atoms with Gasteiger partial charge in [0.15, 0.2) is 5.76 Å². The van der Waals surface area contributed by atoms with Crippen LogP contribution in [0.3, 0.4) is 0 Å². The van der Waals surface area contributed by atoms with Gasteiger partial charge in [-0.2, -0.15) is 5.10 Å². The minimum atomic E-state index is 0.229. The fourth-order valence-electron chi connectivity index (χ4n) is 2.53. The molecule has 25 heavy (non-hydrogen) atoms. The minimum absolute atomic E-state index is 0.229. The second kappa shape index (κ2) is 6.41. The lowest BCUT2D eigenvalue weighted by molar-refractivity contribution is 0.475. The SMILES string of the molecule is CN=c1scc(-c2cc3ccccc3o2)n1N=Cc1ccc(O)cc1. The standard InChI is InChI=1S/C19H15N3O2S/c1-20-19-22(21-11-13-6-8-15(23)9-7-13)16(12-25-19)18-10-14-4-2-3-5-17(14)24-18/h2-12,23H,1H3. The highest BCUT2D eigenvalue weighted by Crippen LogP contribution is 2.28. The van der Waals surface area contributed by atoms with E-state index in [-0.39, 0.29) is 5.75 Å². The number of benzene rings is 2. The van der Waals surface area contributed by atoms with Crippen molar-refractivity contribution in [1.82, 2.24) is 4.68 Å². The van der Waals surface area contributed by atoms with Gasteiger partial charge in [0.2, 0.25) is 4.80 Å². The van der Waals surface area contributed by atoms with Crippen LogP contribution in [0.1, 0.15) is 5.56 Å². The van der Waals surface area contributed by atoms with Gasteiger partial charge in [-0.1, -0.05) is 18.2 Å². The molecule has 2 heterocycles. The number of rotatable bonds is 3.